The third-order valence-corrected chi connectivity index (χ3v) is 2.19. The minimum atomic E-state index is 0.451. The van der Waals surface area contributed by atoms with Crippen LogP contribution in [0, 0.1) is 0 Å². The van der Waals surface area contributed by atoms with Gasteiger partial charge in [-0.25, -0.2) is 4.79 Å². The van der Waals surface area contributed by atoms with E-state index in [2.05, 4.69) is 0 Å². The van der Waals surface area contributed by atoms with Crippen molar-refractivity contribution in [2.45, 2.75) is 6.42 Å². The average Bonchev–Trinajstić information content (AvgIpc) is 2.34. The standard InChI is InChI=1S/C12H14O4/c1-14-10-7-6-9(5-4-8-13)11(15-2)12(10)16-3/h4,6-7H,5H2,1-3H3. The summed E-state index contributed by atoms with van der Waals surface area (Å²) in [6, 6.07) is 3.60. The molecule has 0 aliphatic carbocycles. The molecule has 1 aromatic carbocycles. The van der Waals surface area contributed by atoms with Crippen molar-refractivity contribution in [3.63, 3.8) is 0 Å². The van der Waals surface area contributed by atoms with Gasteiger partial charge in [0.1, 0.15) is 5.94 Å². The van der Waals surface area contributed by atoms with Crippen LogP contribution in [0.15, 0.2) is 18.2 Å². The number of ether oxygens (including phenoxy) is 3. The molecule has 4 nitrogen and oxygen atoms in total. The Bertz CT molecular complexity index is 406. The minimum absolute atomic E-state index is 0.451. The summed E-state index contributed by atoms with van der Waals surface area (Å²) in [7, 11) is 4.65. The molecule has 16 heavy (non-hydrogen) atoms. The molecule has 0 fully saturated rings. The lowest BCUT2D eigenvalue weighted by molar-refractivity contribution is 0.322. The number of allylic oxidation sites excluding steroid dienone is 1. The molecule has 1 aromatic rings. The first kappa shape index (κ1) is 12.1. The second-order valence-electron chi connectivity index (χ2n) is 3.02. The van der Waals surface area contributed by atoms with E-state index >= 15 is 0 Å². The van der Waals surface area contributed by atoms with E-state index in [0.29, 0.717) is 23.7 Å². The lowest BCUT2D eigenvalue weighted by Crippen LogP contribution is -1.98. The van der Waals surface area contributed by atoms with Crippen LogP contribution in [0.3, 0.4) is 0 Å². The van der Waals surface area contributed by atoms with Gasteiger partial charge in [-0.15, -0.1) is 0 Å². The number of benzene rings is 1. The van der Waals surface area contributed by atoms with Gasteiger partial charge in [0.2, 0.25) is 5.75 Å². The Morgan fingerprint density at radius 2 is 1.81 bits per heavy atom. The first-order chi connectivity index (χ1) is 7.78. The largest absolute Gasteiger partial charge is 0.493 e. The lowest BCUT2D eigenvalue weighted by atomic mass is 10.1. The van der Waals surface area contributed by atoms with Crippen LogP contribution in [-0.4, -0.2) is 27.3 Å². The van der Waals surface area contributed by atoms with E-state index in [4.69, 9.17) is 14.2 Å². The highest BCUT2D eigenvalue weighted by molar-refractivity contribution is 5.57. The van der Waals surface area contributed by atoms with Gasteiger partial charge in [0, 0.05) is 18.1 Å². The molecule has 0 aromatic heterocycles. The van der Waals surface area contributed by atoms with Gasteiger partial charge in [0.15, 0.2) is 11.5 Å². The molecule has 0 unspecified atom stereocenters. The van der Waals surface area contributed by atoms with Crippen molar-refractivity contribution in [2.75, 3.05) is 21.3 Å². The predicted molar refractivity (Wildman–Crippen MR) is 60.1 cm³/mol. The van der Waals surface area contributed by atoms with Gasteiger partial charge in [-0.05, 0) is 6.07 Å². The molecule has 0 spiro atoms. The highest BCUT2D eigenvalue weighted by Crippen LogP contribution is 2.39. The Kier molecular flexibility index (Phi) is 4.42. The molecule has 0 saturated carbocycles. The second kappa shape index (κ2) is 5.83. The van der Waals surface area contributed by atoms with E-state index in [-0.39, 0.29) is 0 Å². The molecule has 0 bridgehead atoms. The molecule has 0 amide bonds. The molecule has 86 valence electrons. The summed E-state index contributed by atoms with van der Waals surface area (Å²) in [5, 5.41) is 0. The summed E-state index contributed by atoms with van der Waals surface area (Å²) in [4.78, 5) is 10.2. The minimum Gasteiger partial charge on any atom is -0.493 e. The number of hydrogen-bond acceptors (Lipinski definition) is 4. The van der Waals surface area contributed by atoms with Gasteiger partial charge in [0.05, 0.1) is 21.3 Å². The van der Waals surface area contributed by atoms with Crippen molar-refractivity contribution in [1.29, 1.82) is 0 Å². The quantitative estimate of drug-likeness (QED) is 0.710. The molecule has 0 N–H and O–H groups in total. The fourth-order valence-electron chi connectivity index (χ4n) is 1.48. The SMILES string of the molecule is COc1ccc(CC=C=O)c(OC)c1OC. The van der Waals surface area contributed by atoms with Crippen molar-refractivity contribution in [2.24, 2.45) is 0 Å². The van der Waals surface area contributed by atoms with Crippen molar-refractivity contribution in [1.82, 2.24) is 0 Å². The summed E-state index contributed by atoms with van der Waals surface area (Å²) in [6.45, 7) is 0. The molecule has 0 aliphatic rings. The molecule has 0 heterocycles. The Morgan fingerprint density at radius 3 is 2.31 bits per heavy atom. The highest BCUT2D eigenvalue weighted by Gasteiger charge is 2.14. The zero-order valence-electron chi connectivity index (χ0n) is 9.57. The summed E-state index contributed by atoms with van der Waals surface area (Å²) >= 11 is 0. The zero-order valence-corrected chi connectivity index (χ0v) is 9.57. The summed E-state index contributed by atoms with van der Waals surface area (Å²) in [6.07, 6.45) is 1.84. The van der Waals surface area contributed by atoms with Crippen LogP contribution in [0.5, 0.6) is 17.2 Å². The molecule has 0 aliphatic heterocycles. The smallest absolute Gasteiger partial charge is 0.203 e. The van der Waals surface area contributed by atoms with Crippen LogP contribution in [0.25, 0.3) is 0 Å². The van der Waals surface area contributed by atoms with E-state index in [0.717, 1.165) is 5.56 Å². The van der Waals surface area contributed by atoms with Gasteiger partial charge in [-0.2, -0.15) is 0 Å². The average molecular weight is 222 g/mol. The summed E-state index contributed by atoms with van der Waals surface area (Å²) in [5.41, 5.74) is 0.850. The second-order valence-corrected chi connectivity index (χ2v) is 3.02. The first-order valence-electron chi connectivity index (χ1n) is 4.75. The van der Waals surface area contributed by atoms with Crippen molar-refractivity contribution >= 4 is 5.94 Å². The maximum absolute atomic E-state index is 10.2. The molecular weight excluding hydrogens is 208 g/mol. The van der Waals surface area contributed by atoms with Crippen LogP contribution < -0.4 is 14.2 Å². The summed E-state index contributed by atoms with van der Waals surface area (Å²) < 4.78 is 15.6. The maximum Gasteiger partial charge on any atom is 0.203 e. The normalized spacial score (nSPS) is 9.19. The summed E-state index contributed by atoms with van der Waals surface area (Å²) in [5.74, 6) is 3.43. The molecule has 4 heteroatoms. The topological polar surface area (TPSA) is 44.8 Å². The Hall–Kier alpha value is -1.93. The lowest BCUT2D eigenvalue weighted by Gasteiger charge is -2.14. The van der Waals surface area contributed by atoms with Crippen LogP contribution in [0.2, 0.25) is 0 Å². The van der Waals surface area contributed by atoms with E-state index < -0.39 is 0 Å². The van der Waals surface area contributed by atoms with Crippen LogP contribution in [0.1, 0.15) is 5.56 Å². The van der Waals surface area contributed by atoms with Crippen LogP contribution in [0.4, 0.5) is 0 Å². The zero-order chi connectivity index (χ0) is 12.0. The number of methoxy groups -OCH3 is 3. The molecule has 0 radical (unpaired) electrons. The molecule has 0 atom stereocenters. The Labute approximate surface area is 94.4 Å². The van der Waals surface area contributed by atoms with E-state index in [9.17, 15) is 4.79 Å². The van der Waals surface area contributed by atoms with Gasteiger partial charge in [-0.1, -0.05) is 6.07 Å². The van der Waals surface area contributed by atoms with Crippen molar-refractivity contribution in [3.05, 3.63) is 23.8 Å². The van der Waals surface area contributed by atoms with E-state index in [1.54, 1.807) is 33.3 Å². The van der Waals surface area contributed by atoms with Gasteiger partial charge in [0.25, 0.3) is 0 Å². The molecule has 1 rings (SSSR count). The third kappa shape index (κ3) is 2.35. The number of carbonyl (C=O) groups excluding carboxylic acids is 1. The fourth-order valence-corrected chi connectivity index (χ4v) is 1.48. The fraction of sp³-hybridized carbons (Fsp3) is 0.333. The monoisotopic (exact) mass is 222 g/mol. The van der Waals surface area contributed by atoms with E-state index in [1.165, 1.54) is 6.08 Å². The highest BCUT2D eigenvalue weighted by atomic mass is 16.5. The van der Waals surface area contributed by atoms with Gasteiger partial charge >= 0.3 is 0 Å². The van der Waals surface area contributed by atoms with Gasteiger partial charge < -0.3 is 14.2 Å². The molecule has 0 saturated heterocycles. The third-order valence-electron chi connectivity index (χ3n) is 2.19. The first-order valence-corrected chi connectivity index (χ1v) is 4.75. The molecular formula is C12H14O4. The Morgan fingerprint density at radius 1 is 1.12 bits per heavy atom. The van der Waals surface area contributed by atoms with Crippen LogP contribution in [-0.2, 0) is 11.2 Å². The maximum atomic E-state index is 10.2. The van der Waals surface area contributed by atoms with Gasteiger partial charge in [-0.3, -0.25) is 0 Å². The van der Waals surface area contributed by atoms with Crippen molar-refractivity contribution in [3.8, 4) is 17.2 Å². The van der Waals surface area contributed by atoms with Crippen molar-refractivity contribution < 1.29 is 19.0 Å². The Balaban J connectivity index is 3.24. The number of rotatable bonds is 5. The predicted octanol–water partition coefficient (Wildman–Crippen LogP) is 1.64. The van der Waals surface area contributed by atoms with E-state index in [1.807, 2.05) is 6.07 Å². The van der Waals surface area contributed by atoms with Crippen LogP contribution >= 0.6 is 0 Å². The number of hydrogen-bond donors (Lipinski definition) is 0.